The Bertz CT molecular complexity index is 790. The molecule has 0 radical (unpaired) electrons. The van der Waals surface area contributed by atoms with Crippen LogP contribution in [0.15, 0.2) is 54.6 Å². The highest BCUT2D eigenvalue weighted by Gasteiger charge is 2.29. The number of rotatable bonds is 10. The van der Waals surface area contributed by atoms with Gasteiger partial charge in [-0.15, -0.1) is 0 Å². The standard InChI is InChI=1S/C24H32N2O3/c1-5-22(24(28)25-15-18(2)3)26(16-20-12-10-9-11-19(20)4)23(27)17-29-21-13-7-6-8-14-21/h6-14,18,22H,5,15-17H2,1-4H3,(H,25,28)/t22-/m0/s1. The van der Waals surface area contributed by atoms with Crippen LogP contribution in [0.2, 0.25) is 0 Å². The molecule has 2 aromatic carbocycles. The molecule has 0 fully saturated rings. The number of benzene rings is 2. The number of nitrogens with zero attached hydrogens (tertiary/aromatic N) is 1. The lowest BCUT2D eigenvalue weighted by atomic mass is 10.1. The van der Waals surface area contributed by atoms with Gasteiger partial charge in [-0.05, 0) is 42.5 Å². The van der Waals surface area contributed by atoms with Crippen LogP contribution < -0.4 is 10.1 Å². The quantitative estimate of drug-likeness (QED) is 0.661. The van der Waals surface area contributed by atoms with Crippen LogP contribution >= 0.6 is 0 Å². The Balaban J connectivity index is 2.19. The number of hydrogen-bond acceptors (Lipinski definition) is 3. The molecule has 0 saturated carbocycles. The predicted molar refractivity (Wildman–Crippen MR) is 116 cm³/mol. The molecule has 29 heavy (non-hydrogen) atoms. The first kappa shape index (κ1) is 22.5. The van der Waals surface area contributed by atoms with E-state index in [0.717, 1.165) is 11.1 Å². The zero-order chi connectivity index (χ0) is 21.2. The van der Waals surface area contributed by atoms with Crippen molar-refractivity contribution in [2.45, 2.75) is 46.7 Å². The second-order valence-electron chi connectivity index (χ2n) is 7.61. The summed E-state index contributed by atoms with van der Waals surface area (Å²) in [6.07, 6.45) is 0.535. The molecule has 0 unspecified atom stereocenters. The van der Waals surface area contributed by atoms with Crippen LogP contribution in [0.1, 0.15) is 38.3 Å². The first-order chi connectivity index (χ1) is 13.9. The average Bonchev–Trinajstić information content (AvgIpc) is 2.72. The van der Waals surface area contributed by atoms with Crippen molar-refractivity contribution in [1.29, 1.82) is 0 Å². The van der Waals surface area contributed by atoms with E-state index >= 15 is 0 Å². The molecule has 1 atom stereocenters. The fourth-order valence-corrected chi connectivity index (χ4v) is 3.06. The minimum absolute atomic E-state index is 0.107. The second kappa shape index (κ2) is 11.2. The summed E-state index contributed by atoms with van der Waals surface area (Å²) >= 11 is 0. The lowest BCUT2D eigenvalue weighted by Gasteiger charge is -2.31. The minimum atomic E-state index is -0.541. The molecular formula is C24H32N2O3. The zero-order valence-electron chi connectivity index (χ0n) is 17.9. The number of amides is 2. The van der Waals surface area contributed by atoms with Crippen LogP contribution in [0, 0.1) is 12.8 Å². The van der Waals surface area contributed by atoms with Gasteiger partial charge in [0.15, 0.2) is 6.61 Å². The average molecular weight is 397 g/mol. The van der Waals surface area contributed by atoms with E-state index in [1.54, 1.807) is 4.90 Å². The third-order valence-corrected chi connectivity index (χ3v) is 4.78. The van der Waals surface area contributed by atoms with E-state index in [4.69, 9.17) is 4.74 Å². The number of ether oxygens (including phenoxy) is 1. The Morgan fingerprint density at radius 2 is 1.69 bits per heavy atom. The topological polar surface area (TPSA) is 58.6 Å². The fraction of sp³-hybridized carbons (Fsp3) is 0.417. The molecule has 5 nitrogen and oxygen atoms in total. The van der Waals surface area contributed by atoms with E-state index in [-0.39, 0.29) is 18.4 Å². The van der Waals surface area contributed by atoms with Gasteiger partial charge in [0.1, 0.15) is 11.8 Å². The van der Waals surface area contributed by atoms with Gasteiger partial charge in [0.2, 0.25) is 5.91 Å². The number of carbonyl (C=O) groups is 2. The van der Waals surface area contributed by atoms with E-state index in [0.29, 0.717) is 31.2 Å². The maximum absolute atomic E-state index is 13.1. The van der Waals surface area contributed by atoms with Crippen LogP contribution in [0.3, 0.4) is 0 Å². The molecule has 0 aliphatic rings. The lowest BCUT2D eigenvalue weighted by Crippen LogP contribution is -2.50. The van der Waals surface area contributed by atoms with Gasteiger partial charge in [0.05, 0.1) is 0 Å². The first-order valence-electron chi connectivity index (χ1n) is 10.2. The molecule has 156 valence electrons. The summed E-state index contributed by atoms with van der Waals surface area (Å²) in [5.74, 6) is 0.652. The van der Waals surface area contributed by atoms with Crippen LogP contribution in [0.4, 0.5) is 0 Å². The zero-order valence-corrected chi connectivity index (χ0v) is 17.9. The number of hydrogen-bond donors (Lipinski definition) is 1. The Kier molecular flexibility index (Phi) is 8.71. The van der Waals surface area contributed by atoms with Crippen molar-refractivity contribution < 1.29 is 14.3 Å². The Morgan fingerprint density at radius 1 is 1.03 bits per heavy atom. The highest BCUT2D eigenvalue weighted by Crippen LogP contribution is 2.16. The third kappa shape index (κ3) is 6.93. The molecule has 2 amide bonds. The van der Waals surface area contributed by atoms with Crippen LogP contribution in [0.25, 0.3) is 0 Å². The molecule has 0 aliphatic heterocycles. The molecule has 2 aromatic rings. The van der Waals surface area contributed by atoms with Gasteiger partial charge >= 0.3 is 0 Å². The predicted octanol–water partition coefficient (Wildman–Crippen LogP) is 3.95. The number of aryl methyl sites for hydroxylation is 1. The van der Waals surface area contributed by atoms with Crippen molar-refractivity contribution >= 4 is 11.8 Å². The normalized spacial score (nSPS) is 11.8. The second-order valence-corrected chi connectivity index (χ2v) is 7.61. The first-order valence-corrected chi connectivity index (χ1v) is 10.2. The minimum Gasteiger partial charge on any atom is -0.484 e. The molecule has 0 saturated heterocycles. The van der Waals surface area contributed by atoms with Gasteiger partial charge in [-0.2, -0.15) is 0 Å². The Hall–Kier alpha value is -2.82. The molecule has 1 N–H and O–H groups in total. The number of carbonyl (C=O) groups excluding carboxylic acids is 2. The maximum atomic E-state index is 13.1. The van der Waals surface area contributed by atoms with E-state index in [1.165, 1.54) is 0 Å². The fourth-order valence-electron chi connectivity index (χ4n) is 3.06. The highest BCUT2D eigenvalue weighted by atomic mass is 16.5. The van der Waals surface area contributed by atoms with Gasteiger partial charge in [-0.1, -0.05) is 63.2 Å². The van der Waals surface area contributed by atoms with Gasteiger partial charge in [0, 0.05) is 13.1 Å². The van der Waals surface area contributed by atoms with Crippen LogP contribution in [-0.4, -0.2) is 35.9 Å². The van der Waals surface area contributed by atoms with Crippen molar-refractivity contribution in [3.63, 3.8) is 0 Å². The van der Waals surface area contributed by atoms with E-state index in [1.807, 2.05) is 82.3 Å². The molecular weight excluding hydrogens is 364 g/mol. The molecule has 0 aliphatic carbocycles. The molecule has 0 bridgehead atoms. The molecule has 0 heterocycles. The Morgan fingerprint density at radius 3 is 2.31 bits per heavy atom. The molecule has 0 aromatic heterocycles. The maximum Gasteiger partial charge on any atom is 0.261 e. The third-order valence-electron chi connectivity index (χ3n) is 4.78. The van der Waals surface area contributed by atoms with E-state index in [2.05, 4.69) is 5.32 Å². The summed E-state index contributed by atoms with van der Waals surface area (Å²) < 4.78 is 5.67. The van der Waals surface area contributed by atoms with Crippen molar-refractivity contribution in [3.8, 4) is 5.75 Å². The van der Waals surface area contributed by atoms with Gasteiger partial charge in [-0.3, -0.25) is 9.59 Å². The monoisotopic (exact) mass is 396 g/mol. The van der Waals surface area contributed by atoms with Crippen molar-refractivity contribution in [2.24, 2.45) is 5.92 Å². The summed E-state index contributed by atoms with van der Waals surface area (Å²) in [5.41, 5.74) is 2.11. The molecule has 2 rings (SSSR count). The van der Waals surface area contributed by atoms with Crippen molar-refractivity contribution in [1.82, 2.24) is 10.2 Å². The number of nitrogens with one attached hydrogen (secondary N) is 1. The summed E-state index contributed by atoms with van der Waals surface area (Å²) in [7, 11) is 0. The molecule has 0 spiro atoms. The molecule has 5 heteroatoms. The highest BCUT2D eigenvalue weighted by molar-refractivity contribution is 5.88. The van der Waals surface area contributed by atoms with Crippen LogP contribution in [-0.2, 0) is 16.1 Å². The van der Waals surface area contributed by atoms with Crippen molar-refractivity contribution in [3.05, 3.63) is 65.7 Å². The smallest absolute Gasteiger partial charge is 0.261 e. The van der Waals surface area contributed by atoms with Gasteiger partial charge in [-0.25, -0.2) is 0 Å². The van der Waals surface area contributed by atoms with Crippen molar-refractivity contribution in [2.75, 3.05) is 13.2 Å². The summed E-state index contributed by atoms with van der Waals surface area (Å²) in [4.78, 5) is 27.6. The SMILES string of the molecule is CC[C@@H](C(=O)NCC(C)C)N(Cc1ccccc1C)C(=O)COc1ccccc1. The summed E-state index contributed by atoms with van der Waals surface area (Å²) in [6, 6.07) is 16.6. The lowest BCUT2D eigenvalue weighted by molar-refractivity contribution is -0.143. The summed E-state index contributed by atoms with van der Waals surface area (Å²) in [5, 5.41) is 2.97. The summed E-state index contributed by atoms with van der Waals surface area (Å²) in [6.45, 7) is 8.88. The van der Waals surface area contributed by atoms with Gasteiger partial charge < -0.3 is 15.0 Å². The van der Waals surface area contributed by atoms with Crippen LogP contribution in [0.5, 0.6) is 5.75 Å². The van der Waals surface area contributed by atoms with E-state index in [9.17, 15) is 9.59 Å². The number of para-hydroxylation sites is 1. The Labute approximate surface area is 174 Å². The van der Waals surface area contributed by atoms with Gasteiger partial charge in [0.25, 0.3) is 5.91 Å². The van der Waals surface area contributed by atoms with E-state index < -0.39 is 6.04 Å². The largest absolute Gasteiger partial charge is 0.484 e.